The van der Waals surface area contributed by atoms with Crippen molar-refractivity contribution >= 4 is 35.0 Å². The predicted octanol–water partition coefficient (Wildman–Crippen LogP) is 3.75. The first kappa shape index (κ1) is 19.2. The van der Waals surface area contributed by atoms with E-state index in [1.54, 1.807) is 4.90 Å². The zero-order valence-corrected chi connectivity index (χ0v) is 16.7. The Morgan fingerprint density at radius 3 is 2.54 bits per heavy atom. The smallest absolute Gasteiger partial charge is 0.257 e. The van der Waals surface area contributed by atoms with Crippen LogP contribution in [0.4, 0.5) is 5.69 Å². The molecule has 0 aromatic heterocycles. The number of thioether (sulfide) groups is 1. The summed E-state index contributed by atoms with van der Waals surface area (Å²) in [7, 11) is 3.92. The summed E-state index contributed by atoms with van der Waals surface area (Å²) in [6, 6.07) is 13.5. The lowest BCUT2D eigenvalue weighted by Crippen LogP contribution is -2.43. The molecule has 1 aliphatic heterocycles. The number of aliphatic hydroxyl groups is 1. The average Bonchev–Trinajstić information content (AvgIpc) is 2.70. The van der Waals surface area contributed by atoms with E-state index in [1.807, 2.05) is 68.4 Å². The molecular formula is C20H23ClN2O2S. The zero-order valence-electron chi connectivity index (χ0n) is 15.1. The van der Waals surface area contributed by atoms with E-state index in [2.05, 4.69) is 0 Å². The van der Waals surface area contributed by atoms with Gasteiger partial charge in [-0.25, -0.2) is 0 Å². The summed E-state index contributed by atoms with van der Waals surface area (Å²) < 4.78 is 0. The highest BCUT2D eigenvalue weighted by Gasteiger charge is 2.37. The largest absolute Gasteiger partial charge is 0.382 e. The van der Waals surface area contributed by atoms with Gasteiger partial charge in [-0.2, -0.15) is 0 Å². The van der Waals surface area contributed by atoms with E-state index in [0.29, 0.717) is 18.1 Å². The van der Waals surface area contributed by atoms with Crippen molar-refractivity contribution in [1.29, 1.82) is 0 Å². The highest BCUT2D eigenvalue weighted by molar-refractivity contribution is 7.99. The third kappa shape index (κ3) is 4.07. The Labute approximate surface area is 163 Å². The minimum absolute atomic E-state index is 0.286. The van der Waals surface area contributed by atoms with Gasteiger partial charge >= 0.3 is 0 Å². The van der Waals surface area contributed by atoms with E-state index in [-0.39, 0.29) is 11.2 Å². The lowest BCUT2D eigenvalue weighted by atomic mass is 10.0. The molecule has 2 atom stereocenters. The second kappa shape index (κ2) is 8.01. The maximum absolute atomic E-state index is 13.1. The first-order valence-electron chi connectivity index (χ1n) is 8.54. The van der Waals surface area contributed by atoms with E-state index in [9.17, 15) is 9.90 Å². The van der Waals surface area contributed by atoms with E-state index >= 15 is 0 Å². The molecule has 0 aliphatic carbocycles. The van der Waals surface area contributed by atoms with Crippen LogP contribution in [0.2, 0.25) is 5.02 Å². The van der Waals surface area contributed by atoms with Crippen LogP contribution in [0.25, 0.3) is 0 Å². The molecule has 6 heteroatoms. The van der Waals surface area contributed by atoms with Gasteiger partial charge in [-0.05, 0) is 44.8 Å². The van der Waals surface area contributed by atoms with Crippen LogP contribution in [0.1, 0.15) is 16.4 Å². The quantitative estimate of drug-likeness (QED) is 0.863. The number of nitrogens with zero attached hydrogens (tertiary/aromatic N) is 2. The van der Waals surface area contributed by atoms with Gasteiger partial charge in [-0.15, -0.1) is 11.8 Å². The Bertz CT molecular complexity index is 795. The number of aryl methyl sites for hydroxylation is 1. The molecule has 1 heterocycles. The van der Waals surface area contributed by atoms with Gasteiger partial charge in [0.2, 0.25) is 0 Å². The van der Waals surface area contributed by atoms with Crippen LogP contribution < -0.4 is 4.90 Å². The van der Waals surface area contributed by atoms with Gasteiger partial charge in [0, 0.05) is 23.0 Å². The van der Waals surface area contributed by atoms with Gasteiger partial charge in [-0.3, -0.25) is 4.79 Å². The van der Waals surface area contributed by atoms with Crippen molar-refractivity contribution in [2.24, 2.45) is 0 Å². The SMILES string of the molecule is Cc1ccc(C2Sc3ccc(Cl)cc3N(CCN(C)C)C(=O)C2O)cc1. The standard InChI is InChI=1S/C20H23ClN2O2S/c1-13-4-6-14(7-5-13)19-18(24)20(25)23(11-10-22(2)3)16-12-15(21)8-9-17(16)26-19/h4-9,12,18-19,24H,10-11H2,1-3H3. The molecule has 26 heavy (non-hydrogen) atoms. The number of hydrogen-bond donors (Lipinski definition) is 1. The summed E-state index contributed by atoms with van der Waals surface area (Å²) >= 11 is 7.70. The van der Waals surface area contributed by atoms with Crippen molar-refractivity contribution in [3.05, 3.63) is 58.6 Å². The fourth-order valence-electron chi connectivity index (χ4n) is 2.95. The van der Waals surface area contributed by atoms with Gasteiger partial charge in [0.05, 0.1) is 10.9 Å². The molecule has 0 spiro atoms. The molecule has 0 bridgehead atoms. The average molecular weight is 391 g/mol. The number of fused-ring (bicyclic) bond motifs is 1. The van der Waals surface area contributed by atoms with Gasteiger partial charge in [0.25, 0.3) is 5.91 Å². The summed E-state index contributed by atoms with van der Waals surface area (Å²) in [6.45, 7) is 3.22. The van der Waals surface area contributed by atoms with Crippen LogP contribution in [0.15, 0.2) is 47.4 Å². The summed E-state index contributed by atoms with van der Waals surface area (Å²) in [5.74, 6) is -0.286. The second-order valence-corrected chi connectivity index (χ2v) is 8.42. The highest BCUT2D eigenvalue weighted by Crippen LogP contribution is 2.46. The van der Waals surface area contributed by atoms with Crippen molar-refractivity contribution in [1.82, 2.24) is 4.90 Å². The van der Waals surface area contributed by atoms with Crippen molar-refractivity contribution < 1.29 is 9.90 Å². The maximum Gasteiger partial charge on any atom is 0.257 e. The van der Waals surface area contributed by atoms with E-state index in [0.717, 1.165) is 21.7 Å². The molecule has 2 aromatic rings. The molecule has 138 valence electrons. The van der Waals surface area contributed by atoms with Crippen LogP contribution in [-0.2, 0) is 4.79 Å². The molecule has 0 radical (unpaired) electrons. The van der Waals surface area contributed by atoms with Crippen LogP contribution in [0.3, 0.4) is 0 Å². The molecule has 2 aromatic carbocycles. The van der Waals surface area contributed by atoms with E-state index in [1.165, 1.54) is 11.8 Å². The molecular weight excluding hydrogens is 368 g/mol. The summed E-state index contributed by atoms with van der Waals surface area (Å²) in [6.07, 6.45) is -1.11. The number of rotatable bonds is 4. The van der Waals surface area contributed by atoms with Crippen LogP contribution in [0, 0.1) is 6.92 Å². The van der Waals surface area contributed by atoms with Gasteiger partial charge in [-0.1, -0.05) is 41.4 Å². The fraction of sp³-hybridized carbons (Fsp3) is 0.350. The number of benzene rings is 2. The number of aliphatic hydroxyl groups excluding tert-OH is 1. The predicted molar refractivity (Wildman–Crippen MR) is 108 cm³/mol. The molecule has 4 nitrogen and oxygen atoms in total. The van der Waals surface area contributed by atoms with Gasteiger partial charge in [0.1, 0.15) is 6.10 Å². The molecule has 3 rings (SSSR count). The molecule has 0 saturated heterocycles. The van der Waals surface area contributed by atoms with Crippen LogP contribution in [-0.4, -0.2) is 49.2 Å². The summed E-state index contributed by atoms with van der Waals surface area (Å²) in [4.78, 5) is 17.7. The Morgan fingerprint density at radius 2 is 1.88 bits per heavy atom. The fourth-order valence-corrected chi connectivity index (χ4v) is 4.36. The number of likely N-dealkylation sites (N-methyl/N-ethyl adjacent to an activating group) is 1. The monoisotopic (exact) mass is 390 g/mol. The molecule has 0 saturated carbocycles. The third-order valence-electron chi connectivity index (χ3n) is 4.45. The Kier molecular flexibility index (Phi) is 5.92. The van der Waals surface area contributed by atoms with Crippen molar-refractivity contribution in [2.45, 2.75) is 23.2 Å². The molecule has 1 N–H and O–H groups in total. The first-order valence-corrected chi connectivity index (χ1v) is 9.79. The first-order chi connectivity index (χ1) is 12.4. The minimum atomic E-state index is -1.11. The van der Waals surface area contributed by atoms with Crippen LogP contribution >= 0.6 is 23.4 Å². The molecule has 2 unspecified atom stereocenters. The van der Waals surface area contributed by atoms with Gasteiger partial charge in [0.15, 0.2) is 0 Å². The third-order valence-corrected chi connectivity index (χ3v) is 6.07. The Morgan fingerprint density at radius 1 is 1.19 bits per heavy atom. The van der Waals surface area contributed by atoms with E-state index < -0.39 is 6.10 Å². The zero-order chi connectivity index (χ0) is 18.8. The number of amides is 1. The molecule has 0 fully saturated rings. The topological polar surface area (TPSA) is 43.8 Å². The summed E-state index contributed by atoms with van der Waals surface area (Å²) in [5, 5.41) is 11.1. The van der Waals surface area contributed by atoms with E-state index in [4.69, 9.17) is 11.6 Å². The molecule has 1 aliphatic rings. The Balaban J connectivity index is 2.03. The lowest BCUT2D eigenvalue weighted by molar-refractivity contribution is -0.126. The number of carbonyl (C=O) groups is 1. The number of halogens is 1. The normalized spacial score (nSPS) is 20.2. The number of hydrogen-bond acceptors (Lipinski definition) is 4. The van der Waals surface area contributed by atoms with Crippen LogP contribution in [0.5, 0.6) is 0 Å². The number of carbonyl (C=O) groups excluding carboxylic acids is 1. The number of anilines is 1. The highest BCUT2D eigenvalue weighted by atomic mass is 35.5. The Hall–Kier alpha value is -1.53. The lowest BCUT2D eigenvalue weighted by Gasteiger charge is -2.26. The van der Waals surface area contributed by atoms with Gasteiger partial charge < -0.3 is 14.9 Å². The molecule has 1 amide bonds. The van der Waals surface area contributed by atoms with Crippen molar-refractivity contribution in [2.75, 3.05) is 32.1 Å². The van der Waals surface area contributed by atoms with Crippen molar-refractivity contribution in [3.63, 3.8) is 0 Å². The summed E-state index contributed by atoms with van der Waals surface area (Å²) in [5.41, 5.74) is 2.85. The second-order valence-electron chi connectivity index (χ2n) is 6.80. The maximum atomic E-state index is 13.1. The van der Waals surface area contributed by atoms with Crippen molar-refractivity contribution in [3.8, 4) is 0 Å². The minimum Gasteiger partial charge on any atom is -0.382 e.